The van der Waals surface area contributed by atoms with Gasteiger partial charge in [0.15, 0.2) is 5.84 Å². The fourth-order valence-corrected chi connectivity index (χ4v) is 4.67. The summed E-state index contributed by atoms with van der Waals surface area (Å²) in [4.78, 5) is 4.97. The van der Waals surface area contributed by atoms with Crippen LogP contribution < -0.4 is 16.4 Å². The number of aliphatic imine (C=N–C) groups is 1. The van der Waals surface area contributed by atoms with Crippen LogP contribution in [0.3, 0.4) is 0 Å². The van der Waals surface area contributed by atoms with E-state index in [1.165, 1.54) is 11.3 Å². The van der Waals surface area contributed by atoms with Gasteiger partial charge in [0, 0.05) is 40.8 Å². The second-order valence-corrected chi connectivity index (χ2v) is 10.4. The minimum atomic E-state index is -2.72. The Hall–Kier alpha value is -3.00. The first-order valence-electron chi connectivity index (χ1n) is 11.0. The molecule has 0 aliphatic rings. The van der Waals surface area contributed by atoms with E-state index < -0.39 is 5.92 Å². The zero-order valence-electron chi connectivity index (χ0n) is 20.8. The van der Waals surface area contributed by atoms with Crippen LogP contribution in [0.1, 0.15) is 57.0 Å². The fraction of sp³-hybridized carbons (Fsp3) is 0.385. The molecule has 2 aromatic rings. The fourth-order valence-electron chi connectivity index (χ4n) is 3.46. The van der Waals surface area contributed by atoms with Crippen LogP contribution in [0.4, 0.5) is 8.78 Å². The van der Waals surface area contributed by atoms with Crippen molar-refractivity contribution in [1.82, 2.24) is 10.6 Å². The standard InChI is InChI=1S/C26H35F2N5S/c1-9-31-24(30)21(17(4)33-25(5,6)7)22(29)23-15(2)19-11-10-18(14-20(19)34-23)16(3)32-13-12-26(8,27)28/h9-11,14,30,32-33H,3-4,12-13,29H2,1-2,5-8H3. The van der Waals surface area contributed by atoms with E-state index in [2.05, 4.69) is 28.8 Å². The number of aryl methyl sites for hydroxylation is 1. The molecule has 0 radical (unpaired) electrons. The Labute approximate surface area is 205 Å². The zero-order chi connectivity index (χ0) is 25.8. The van der Waals surface area contributed by atoms with Crippen LogP contribution in [-0.4, -0.2) is 30.1 Å². The van der Waals surface area contributed by atoms with Crippen LogP contribution in [0.2, 0.25) is 0 Å². The average molecular weight is 488 g/mol. The maximum absolute atomic E-state index is 13.1. The molecule has 0 bridgehead atoms. The van der Waals surface area contributed by atoms with E-state index in [9.17, 15) is 8.78 Å². The van der Waals surface area contributed by atoms with Crippen molar-refractivity contribution >= 4 is 44.9 Å². The first kappa shape index (κ1) is 27.2. The number of amidine groups is 1. The molecule has 0 aliphatic carbocycles. The van der Waals surface area contributed by atoms with Gasteiger partial charge in [-0.25, -0.2) is 13.8 Å². The Morgan fingerprint density at radius 2 is 1.88 bits per heavy atom. The SMILES string of the molecule is C=C(NC(C)(C)C)C(C(=N)N=CC)=C(N)c1sc2cc(C(=C)NCCC(C)(F)F)ccc2c1C. The molecule has 1 heterocycles. The van der Waals surface area contributed by atoms with Crippen molar-refractivity contribution in [2.24, 2.45) is 10.7 Å². The second kappa shape index (κ2) is 10.5. The van der Waals surface area contributed by atoms with Crippen LogP contribution in [0.5, 0.6) is 0 Å². The number of hydrogen-bond donors (Lipinski definition) is 4. The van der Waals surface area contributed by atoms with Crippen molar-refractivity contribution in [2.75, 3.05) is 6.54 Å². The third-order valence-corrected chi connectivity index (χ3v) is 6.31. The van der Waals surface area contributed by atoms with Gasteiger partial charge in [0.25, 0.3) is 0 Å². The number of hydrogen-bond acceptors (Lipinski definition) is 5. The predicted molar refractivity (Wildman–Crippen MR) is 144 cm³/mol. The topological polar surface area (TPSA) is 86.3 Å². The molecule has 5 nitrogen and oxygen atoms in total. The molecule has 0 atom stereocenters. The summed E-state index contributed by atoms with van der Waals surface area (Å²) in [5, 5.41) is 15.8. The Morgan fingerprint density at radius 3 is 2.44 bits per heavy atom. The highest BCUT2D eigenvalue weighted by molar-refractivity contribution is 7.20. The highest BCUT2D eigenvalue weighted by Gasteiger charge is 2.22. The Bertz CT molecular complexity index is 1160. The zero-order valence-corrected chi connectivity index (χ0v) is 21.6. The van der Waals surface area contributed by atoms with E-state index in [0.717, 1.165) is 33.0 Å². The predicted octanol–water partition coefficient (Wildman–Crippen LogP) is 6.45. The summed E-state index contributed by atoms with van der Waals surface area (Å²) < 4.78 is 27.2. The van der Waals surface area contributed by atoms with E-state index in [1.807, 2.05) is 45.9 Å². The van der Waals surface area contributed by atoms with Crippen LogP contribution in [0.25, 0.3) is 21.5 Å². The van der Waals surface area contributed by atoms with E-state index in [1.54, 1.807) is 13.1 Å². The lowest BCUT2D eigenvalue weighted by Gasteiger charge is -2.25. The number of nitrogens with zero attached hydrogens (tertiary/aromatic N) is 1. The van der Waals surface area contributed by atoms with Gasteiger partial charge >= 0.3 is 0 Å². The summed E-state index contributed by atoms with van der Waals surface area (Å²) >= 11 is 1.50. The molecule has 5 N–H and O–H groups in total. The quantitative estimate of drug-likeness (QED) is 0.186. The smallest absolute Gasteiger partial charge is 0.247 e. The molecular formula is C26H35F2N5S. The maximum atomic E-state index is 13.1. The molecule has 34 heavy (non-hydrogen) atoms. The minimum Gasteiger partial charge on any atom is -0.397 e. The normalized spacial score (nSPS) is 13.2. The lowest BCUT2D eigenvalue weighted by atomic mass is 10.0. The molecule has 0 amide bonds. The van der Waals surface area contributed by atoms with Crippen LogP contribution in [-0.2, 0) is 0 Å². The van der Waals surface area contributed by atoms with Gasteiger partial charge in [-0.1, -0.05) is 25.3 Å². The number of nitrogens with two attached hydrogens (primary N) is 1. The third-order valence-electron chi connectivity index (χ3n) is 5.03. The van der Waals surface area contributed by atoms with Crippen molar-refractivity contribution < 1.29 is 8.78 Å². The van der Waals surface area contributed by atoms with E-state index in [0.29, 0.717) is 22.7 Å². The highest BCUT2D eigenvalue weighted by Crippen LogP contribution is 2.37. The second-order valence-electron chi connectivity index (χ2n) is 9.37. The van der Waals surface area contributed by atoms with Gasteiger partial charge in [0.2, 0.25) is 5.92 Å². The van der Waals surface area contributed by atoms with Gasteiger partial charge < -0.3 is 16.4 Å². The summed E-state index contributed by atoms with van der Waals surface area (Å²) in [6, 6.07) is 5.86. The first-order chi connectivity index (χ1) is 15.6. The van der Waals surface area contributed by atoms with Crippen molar-refractivity contribution in [3.63, 3.8) is 0 Å². The van der Waals surface area contributed by atoms with Gasteiger partial charge in [0.1, 0.15) is 0 Å². The number of rotatable bonds is 9. The van der Waals surface area contributed by atoms with Crippen LogP contribution in [0.15, 0.2) is 47.6 Å². The van der Waals surface area contributed by atoms with Gasteiger partial charge in [-0.15, -0.1) is 11.3 Å². The Morgan fingerprint density at radius 1 is 1.24 bits per heavy atom. The molecule has 1 aromatic carbocycles. The largest absolute Gasteiger partial charge is 0.397 e. The van der Waals surface area contributed by atoms with Gasteiger partial charge in [-0.3, -0.25) is 5.41 Å². The molecular weight excluding hydrogens is 452 g/mol. The molecule has 8 heteroatoms. The van der Waals surface area contributed by atoms with Gasteiger partial charge in [0.05, 0.1) is 16.1 Å². The van der Waals surface area contributed by atoms with Crippen molar-refractivity contribution in [2.45, 2.75) is 59.4 Å². The lowest BCUT2D eigenvalue weighted by molar-refractivity contribution is 0.0144. The third kappa shape index (κ3) is 7.00. The number of fused-ring (bicyclic) bond motifs is 1. The molecule has 0 saturated heterocycles. The maximum Gasteiger partial charge on any atom is 0.247 e. The van der Waals surface area contributed by atoms with Crippen LogP contribution in [0, 0.1) is 12.3 Å². The van der Waals surface area contributed by atoms with Crippen molar-refractivity contribution in [1.29, 1.82) is 5.41 Å². The molecule has 0 fully saturated rings. The Kier molecular flexibility index (Phi) is 8.42. The summed E-state index contributed by atoms with van der Waals surface area (Å²) in [7, 11) is 0. The minimum absolute atomic E-state index is 0.0320. The lowest BCUT2D eigenvalue weighted by Crippen LogP contribution is -2.36. The monoisotopic (exact) mass is 487 g/mol. The summed E-state index contributed by atoms with van der Waals surface area (Å²) in [6.07, 6.45) is 1.29. The molecule has 2 rings (SSSR count). The molecule has 0 saturated carbocycles. The summed E-state index contributed by atoms with van der Waals surface area (Å²) in [6.45, 7) is 18.9. The van der Waals surface area contributed by atoms with E-state index in [-0.39, 0.29) is 24.3 Å². The number of thiophene rings is 1. The number of halogens is 2. The van der Waals surface area contributed by atoms with Crippen molar-refractivity contribution in [3.05, 3.63) is 58.6 Å². The Balaban J connectivity index is 2.48. The highest BCUT2D eigenvalue weighted by atomic mass is 32.1. The number of nitrogens with one attached hydrogen (secondary N) is 3. The first-order valence-corrected chi connectivity index (χ1v) is 11.9. The molecule has 0 unspecified atom stereocenters. The summed E-state index contributed by atoms with van der Waals surface area (Å²) in [5.41, 5.74) is 10.2. The summed E-state index contributed by atoms with van der Waals surface area (Å²) in [5.74, 6) is -2.69. The number of alkyl halides is 2. The van der Waals surface area contributed by atoms with Crippen molar-refractivity contribution in [3.8, 4) is 0 Å². The average Bonchev–Trinajstić information content (AvgIpc) is 3.02. The molecule has 184 valence electrons. The molecule has 0 spiro atoms. The molecule has 0 aliphatic heterocycles. The molecule has 1 aromatic heterocycles. The van der Waals surface area contributed by atoms with E-state index >= 15 is 0 Å². The van der Waals surface area contributed by atoms with Crippen LogP contribution >= 0.6 is 11.3 Å². The van der Waals surface area contributed by atoms with Gasteiger partial charge in [-0.2, -0.15) is 0 Å². The van der Waals surface area contributed by atoms with Gasteiger partial charge in [-0.05, 0) is 64.1 Å². The number of benzene rings is 1. The van der Waals surface area contributed by atoms with E-state index in [4.69, 9.17) is 11.1 Å².